The zero-order valence-corrected chi connectivity index (χ0v) is 5.56. The standard InChI is InChI=1S/C7H13N2/c1-5-2-3-6(4-5)7(8)9/h5-6H,1-4H2,(H3,8,9). The third-order valence-electron chi connectivity index (χ3n) is 1.98. The third-order valence-corrected chi connectivity index (χ3v) is 1.98. The van der Waals surface area contributed by atoms with Crippen molar-refractivity contribution in [3.05, 3.63) is 6.92 Å². The average molecular weight is 125 g/mol. The molecule has 51 valence electrons. The van der Waals surface area contributed by atoms with E-state index in [4.69, 9.17) is 11.1 Å². The molecule has 1 fully saturated rings. The van der Waals surface area contributed by atoms with E-state index in [1.54, 1.807) is 0 Å². The van der Waals surface area contributed by atoms with Gasteiger partial charge in [-0.2, -0.15) is 0 Å². The molecular formula is C7H13N2. The van der Waals surface area contributed by atoms with Gasteiger partial charge in [0.1, 0.15) is 0 Å². The second-order valence-electron chi connectivity index (χ2n) is 2.83. The summed E-state index contributed by atoms with van der Waals surface area (Å²) in [7, 11) is 0. The summed E-state index contributed by atoms with van der Waals surface area (Å²) < 4.78 is 0. The summed E-state index contributed by atoms with van der Waals surface area (Å²) in [6, 6.07) is 0. The fraction of sp³-hybridized carbons (Fsp3) is 0.714. The van der Waals surface area contributed by atoms with Crippen LogP contribution < -0.4 is 5.73 Å². The van der Waals surface area contributed by atoms with Gasteiger partial charge in [-0.3, -0.25) is 5.41 Å². The molecule has 9 heavy (non-hydrogen) atoms. The van der Waals surface area contributed by atoms with Gasteiger partial charge < -0.3 is 5.73 Å². The molecule has 2 nitrogen and oxygen atoms in total. The molecule has 0 aromatic rings. The molecule has 0 saturated heterocycles. The van der Waals surface area contributed by atoms with Crippen LogP contribution >= 0.6 is 0 Å². The van der Waals surface area contributed by atoms with Crippen LogP contribution in [0.1, 0.15) is 19.3 Å². The van der Waals surface area contributed by atoms with Crippen molar-refractivity contribution >= 4 is 5.84 Å². The Morgan fingerprint density at radius 3 is 2.44 bits per heavy atom. The predicted octanol–water partition coefficient (Wildman–Crippen LogP) is 1.17. The van der Waals surface area contributed by atoms with Crippen LogP contribution in [0, 0.1) is 24.2 Å². The molecule has 2 unspecified atom stereocenters. The van der Waals surface area contributed by atoms with Crippen LogP contribution in [0.25, 0.3) is 0 Å². The van der Waals surface area contributed by atoms with Crippen LogP contribution in [0.5, 0.6) is 0 Å². The van der Waals surface area contributed by atoms with Crippen LogP contribution in [0.2, 0.25) is 0 Å². The minimum Gasteiger partial charge on any atom is -0.387 e. The molecular weight excluding hydrogens is 112 g/mol. The molecule has 2 atom stereocenters. The highest BCUT2D eigenvalue weighted by atomic mass is 14.7. The maximum Gasteiger partial charge on any atom is 0.0937 e. The van der Waals surface area contributed by atoms with Crippen LogP contribution in [0.4, 0.5) is 0 Å². The molecule has 1 aliphatic rings. The molecule has 0 spiro atoms. The Morgan fingerprint density at radius 2 is 2.22 bits per heavy atom. The van der Waals surface area contributed by atoms with E-state index in [9.17, 15) is 0 Å². The van der Waals surface area contributed by atoms with Gasteiger partial charge in [-0.25, -0.2) is 0 Å². The van der Waals surface area contributed by atoms with Gasteiger partial charge in [0.05, 0.1) is 5.84 Å². The van der Waals surface area contributed by atoms with Gasteiger partial charge in [0.15, 0.2) is 0 Å². The molecule has 1 saturated carbocycles. The van der Waals surface area contributed by atoms with E-state index in [1.165, 1.54) is 0 Å². The molecule has 1 radical (unpaired) electrons. The molecule has 1 rings (SSSR count). The summed E-state index contributed by atoms with van der Waals surface area (Å²) in [5, 5.41) is 7.13. The van der Waals surface area contributed by atoms with Gasteiger partial charge in [-0.05, 0) is 25.2 Å². The largest absolute Gasteiger partial charge is 0.387 e. The first-order chi connectivity index (χ1) is 4.20. The maximum absolute atomic E-state index is 7.13. The third kappa shape index (κ3) is 1.44. The Morgan fingerprint density at radius 1 is 1.56 bits per heavy atom. The van der Waals surface area contributed by atoms with E-state index in [1.807, 2.05) is 0 Å². The average Bonchev–Trinajstić information content (AvgIpc) is 2.14. The van der Waals surface area contributed by atoms with Crippen molar-refractivity contribution in [1.29, 1.82) is 5.41 Å². The van der Waals surface area contributed by atoms with Gasteiger partial charge in [0, 0.05) is 5.92 Å². The zero-order valence-electron chi connectivity index (χ0n) is 5.56. The summed E-state index contributed by atoms with van der Waals surface area (Å²) in [6.07, 6.45) is 3.24. The van der Waals surface area contributed by atoms with Gasteiger partial charge in [0.25, 0.3) is 0 Å². The number of amidine groups is 1. The summed E-state index contributed by atoms with van der Waals surface area (Å²) in [5.41, 5.74) is 5.32. The van der Waals surface area contributed by atoms with E-state index in [2.05, 4.69) is 6.92 Å². The molecule has 0 amide bonds. The maximum atomic E-state index is 7.13. The molecule has 2 heteroatoms. The Bertz CT molecular complexity index is 120. The lowest BCUT2D eigenvalue weighted by atomic mass is 10.1. The lowest BCUT2D eigenvalue weighted by molar-refractivity contribution is 0.652. The molecule has 0 bridgehead atoms. The number of hydrogen-bond donors (Lipinski definition) is 2. The highest BCUT2D eigenvalue weighted by Crippen LogP contribution is 2.29. The highest BCUT2D eigenvalue weighted by molar-refractivity contribution is 5.79. The minimum atomic E-state index is 0.340. The number of nitrogens with two attached hydrogens (primary N) is 1. The van der Waals surface area contributed by atoms with Crippen LogP contribution in [-0.2, 0) is 0 Å². The van der Waals surface area contributed by atoms with Gasteiger partial charge in [-0.15, -0.1) is 0 Å². The Labute approximate surface area is 55.9 Å². The number of rotatable bonds is 1. The summed E-state index contributed by atoms with van der Waals surface area (Å²) in [6.45, 7) is 3.92. The zero-order chi connectivity index (χ0) is 6.85. The smallest absolute Gasteiger partial charge is 0.0937 e. The first-order valence-corrected chi connectivity index (χ1v) is 3.37. The van der Waals surface area contributed by atoms with Crippen molar-refractivity contribution in [2.45, 2.75) is 19.3 Å². The van der Waals surface area contributed by atoms with E-state index in [-0.39, 0.29) is 0 Å². The van der Waals surface area contributed by atoms with Gasteiger partial charge in [-0.1, -0.05) is 6.92 Å². The SMILES string of the molecule is [CH2]C1CCC(C(=N)N)C1. The second kappa shape index (κ2) is 2.38. The summed E-state index contributed by atoms with van der Waals surface area (Å²) in [5.74, 6) is 1.23. The number of nitrogens with one attached hydrogen (secondary N) is 1. The molecule has 0 aromatic carbocycles. The van der Waals surface area contributed by atoms with Crippen molar-refractivity contribution in [3.63, 3.8) is 0 Å². The lowest BCUT2D eigenvalue weighted by Crippen LogP contribution is -2.19. The molecule has 0 aliphatic heterocycles. The Kier molecular flexibility index (Phi) is 1.74. The summed E-state index contributed by atoms with van der Waals surface area (Å²) >= 11 is 0. The second-order valence-corrected chi connectivity index (χ2v) is 2.83. The van der Waals surface area contributed by atoms with Crippen LogP contribution in [-0.4, -0.2) is 5.84 Å². The van der Waals surface area contributed by atoms with Gasteiger partial charge >= 0.3 is 0 Å². The van der Waals surface area contributed by atoms with Crippen molar-refractivity contribution in [2.24, 2.45) is 17.6 Å². The first-order valence-electron chi connectivity index (χ1n) is 3.37. The minimum absolute atomic E-state index is 0.340. The fourth-order valence-electron chi connectivity index (χ4n) is 1.36. The molecule has 1 aliphatic carbocycles. The molecule has 0 heterocycles. The van der Waals surface area contributed by atoms with Crippen molar-refractivity contribution in [2.75, 3.05) is 0 Å². The first kappa shape index (κ1) is 6.59. The van der Waals surface area contributed by atoms with Crippen molar-refractivity contribution in [1.82, 2.24) is 0 Å². The summed E-state index contributed by atoms with van der Waals surface area (Å²) in [4.78, 5) is 0. The van der Waals surface area contributed by atoms with Gasteiger partial charge in [0.2, 0.25) is 0 Å². The van der Waals surface area contributed by atoms with E-state index >= 15 is 0 Å². The quantitative estimate of drug-likeness (QED) is 0.401. The van der Waals surface area contributed by atoms with Crippen LogP contribution in [0.3, 0.4) is 0 Å². The normalized spacial score (nSPS) is 34.8. The van der Waals surface area contributed by atoms with Crippen molar-refractivity contribution < 1.29 is 0 Å². The van der Waals surface area contributed by atoms with E-state index < -0.39 is 0 Å². The topological polar surface area (TPSA) is 49.9 Å². The molecule has 3 N–H and O–H groups in total. The highest BCUT2D eigenvalue weighted by Gasteiger charge is 2.22. The number of hydrogen-bond acceptors (Lipinski definition) is 1. The Balaban J connectivity index is 2.39. The lowest BCUT2D eigenvalue weighted by Gasteiger charge is -2.04. The predicted molar refractivity (Wildman–Crippen MR) is 38.1 cm³/mol. The van der Waals surface area contributed by atoms with E-state index in [0.29, 0.717) is 17.7 Å². The Hall–Kier alpha value is -0.530. The molecule has 0 aromatic heterocycles. The fourth-order valence-corrected chi connectivity index (χ4v) is 1.36. The van der Waals surface area contributed by atoms with Crippen molar-refractivity contribution in [3.8, 4) is 0 Å². The van der Waals surface area contributed by atoms with E-state index in [0.717, 1.165) is 19.3 Å². The van der Waals surface area contributed by atoms with Crippen LogP contribution in [0.15, 0.2) is 0 Å². The monoisotopic (exact) mass is 125 g/mol.